The number of benzene rings is 3. The number of rotatable bonds is 6. The minimum atomic E-state index is -3.81. The number of hydrazone groups is 1. The second kappa shape index (κ2) is 9.23. The fraction of sp³-hybridized carbons (Fsp3) is 0.0909. The number of carbonyl (C=O) groups excluding carboxylic acids is 1. The predicted octanol–water partition coefficient (Wildman–Crippen LogP) is 4.60. The van der Waals surface area contributed by atoms with Crippen molar-refractivity contribution in [3.63, 3.8) is 0 Å². The minimum absolute atomic E-state index is 0.102. The van der Waals surface area contributed by atoms with Crippen LogP contribution in [0.5, 0.6) is 5.75 Å². The van der Waals surface area contributed by atoms with Crippen molar-refractivity contribution in [2.75, 3.05) is 0 Å². The number of nitrogens with one attached hydrogen (secondary N) is 1. The van der Waals surface area contributed by atoms with Crippen molar-refractivity contribution < 1.29 is 17.9 Å². The summed E-state index contributed by atoms with van der Waals surface area (Å²) in [5.41, 5.74) is 2.82. The van der Waals surface area contributed by atoms with Gasteiger partial charge in [0.15, 0.2) is 0 Å². The lowest BCUT2D eigenvalue weighted by molar-refractivity contribution is 0.0734. The second-order valence-corrected chi connectivity index (χ2v) is 9.18. The fourth-order valence-electron chi connectivity index (χ4n) is 2.50. The molecule has 0 saturated carbocycles. The van der Waals surface area contributed by atoms with Gasteiger partial charge in [0.2, 0.25) is 0 Å². The number of aryl methyl sites for hydroxylation is 2. The Hall–Kier alpha value is -2.97. The van der Waals surface area contributed by atoms with Crippen molar-refractivity contribution in [3.8, 4) is 5.75 Å². The molecule has 0 heterocycles. The minimum Gasteiger partial charge on any atom is -0.422 e. The highest BCUT2D eigenvalue weighted by atomic mass is 79.9. The van der Waals surface area contributed by atoms with E-state index < -0.39 is 16.0 Å². The maximum atomic E-state index is 12.4. The monoisotopic (exact) mass is 486 g/mol. The summed E-state index contributed by atoms with van der Waals surface area (Å²) in [4.78, 5) is 14.7. The standard InChI is InChI=1S/C22H19BrN2O4S/c1-15-3-7-17(8-4-15)22(26)29-21-12-9-19(23)13-18(21)14-24-25-30(27,28)20-10-5-16(2)6-11-20/h3-14,25H,1-2H3. The molecule has 0 aliphatic heterocycles. The number of sulfonamides is 1. The van der Waals surface area contributed by atoms with E-state index in [1.54, 1.807) is 42.5 Å². The Balaban J connectivity index is 1.78. The zero-order valence-corrected chi connectivity index (χ0v) is 18.7. The molecule has 3 aromatic rings. The highest BCUT2D eigenvalue weighted by Crippen LogP contribution is 2.23. The molecule has 30 heavy (non-hydrogen) atoms. The summed E-state index contributed by atoms with van der Waals surface area (Å²) >= 11 is 3.35. The maximum Gasteiger partial charge on any atom is 0.343 e. The highest BCUT2D eigenvalue weighted by molar-refractivity contribution is 9.10. The number of hydrogen-bond acceptors (Lipinski definition) is 5. The molecule has 0 radical (unpaired) electrons. The molecule has 1 N–H and O–H groups in total. The van der Waals surface area contributed by atoms with Crippen molar-refractivity contribution in [1.82, 2.24) is 4.83 Å². The molecule has 3 aromatic carbocycles. The highest BCUT2D eigenvalue weighted by Gasteiger charge is 2.14. The van der Waals surface area contributed by atoms with Gasteiger partial charge in [0, 0.05) is 10.0 Å². The van der Waals surface area contributed by atoms with Crippen LogP contribution in [-0.4, -0.2) is 20.6 Å². The van der Waals surface area contributed by atoms with E-state index in [0.717, 1.165) is 15.6 Å². The van der Waals surface area contributed by atoms with E-state index in [1.807, 2.05) is 26.0 Å². The normalized spacial score (nSPS) is 11.4. The summed E-state index contributed by atoms with van der Waals surface area (Å²) in [5.74, 6) is -0.269. The van der Waals surface area contributed by atoms with Crippen LogP contribution in [0, 0.1) is 13.8 Å². The van der Waals surface area contributed by atoms with Gasteiger partial charge >= 0.3 is 5.97 Å². The lowest BCUT2D eigenvalue weighted by atomic mass is 10.1. The van der Waals surface area contributed by atoms with E-state index in [-0.39, 0.29) is 10.6 Å². The van der Waals surface area contributed by atoms with Gasteiger partial charge in [-0.3, -0.25) is 0 Å². The van der Waals surface area contributed by atoms with Gasteiger partial charge in [0.05, 0.1) is 16.7 Å². The molecule has 3 rings (SSSR count). The quantitative estimate of drug-likeness (QED) is 0.239. The van der Waals surface area contributed by atoms with Crippen LogP contribution in [0.1, 0.15) is 27.0 Å². The summed E-state index contributed by atoms with van der Waals surface area (Å²) in [5, 5.41) is 3.83. The molecule has 0 amide bonds. The largest absolute Gasteiger partial charge is 0.422 e. The molecule has 0 bridgehead atoms. The average molecular weight is 487 g/mol. The van der Waals surface area contributed by atoms with Gasteiger partial charge in [-0.25, -0.2) is 9.63 Å². The molecule has 0 aromatic heterocycles. The van der Waals surface area contributed by atoms with Crippen molar-refractivity contribution in [1.29, 1.82) is 0 Å². The van der Waals surface area contributed by atoms with E-state index in [1.165, 1.54) is 18.3 Å². The Morgan fingerprint density at radius 3 is 2.20 bits per heavy atom. The number of carbonyl (C=O) groups is 1. The summed E-state index contributed by atoms with van der Waals surface area (Å²) < 4.78 is 30.9. The fourth-order valence-corrected chi connectivity index (χ4v) is 3.67. The van der Waals surface area contributed by atoms with Gasteiger partial charge in [-0.05, 0) is 56.3 Å². The van der Waals surface area contributed by atoms with Gasteiger partial charge in [-0.15, -0.1) is 0 Å². The molecule has 154 valence electrons. The van der Waals surface area contributed by atoms with Gasteiger partial charge < -0.3 is 4.74 Å². The summed E-state index contributed by atoms with van der Waals surface area (Å²) in [6, 6.07) is 18.4. The van der Waals surface area contributed by atoms with E-state index >= 15 is 0 Å². The van der Waals surface area contributed by atoms with Crippen LogP contribution in [0.4, 0.5) is 0 Å². The summed E-state index contributed by atoms with van der Waals surface area (Å²) in [7, 11) is -3.81. The first-order valence-corrected chi connectivity index (χ1v) is 11.2. The van der Waals surface area contributed by atoms with Crippen molar-refractivity contribution >= 4 is 38.1 Å². The third-order valence-corrected chi connectivity index (χ3v) is 5.90. The van der Waals surface area contributed by atoms with Crippen molar-refractivity contribution in [2.24, 2.45) is 5.10 Å². The average Bonchev–Trinajstić information content (AvgIpc) is 2.70. The van der Waals surface area contributed by atoms with Crippen LogP contribution in [0.2, 0.25) is 0 Å². The number of nitrogens with zero attached hydrogens (tertiary/aromatic N) is 1. The van der Waals surface area contributed by atoms with E-state index in [9.17, 15) is 13.2 Å². The lowest BCUT2D eigenvalue weighted by Crippen LogP contribution is -2.18. The molecule has 0 aliphatic rings. The van der Waals surface area contributed by atoms with Crippen molar-refractivity contribution in [2.45, 2.75) is 18.7 Å². The van der Waals surface area contributed by atoms with Crippen LogP contribution in [-0.2, 0) is 10.0 Å². The molecule has 6 nitrogen and oxygen atoms in total. The molecular formula is C22H19BrN2O4S. The zero-order valence-electron chi connectivity index (χ0n) is 16.3. The molecule has 0 saturated heterocycles. The molecule has 0 atom stereocenters. The van der Waals surface area contributed by atoms with E-state index in [4.69, 9.17) is 4.74 Å². The van der Waals surface area contributed by atoms with Crippen LogP contribution in [0.25, 0.3) is 0 Å². The number of hydrogen-bond donors (Lipinski definition) is 1. The van der Waals surface area contributed by atoms with Crippen LogP contribution in [0.3, 0.4) is 0 Å². The van der Waals surface area contributed by atoms with Crippen LogP contribution in [0.15, 0.2) is 81.2 Å². The predicted molar refractivity (Wildman–Crippen MR) is 119 cm³/mol. The first kappa shape index (κ1) is 21.7. The number of halogens is 1. The Morgan fingerprint density at radius 1 is 0.967 bits per heavy atom. The Kier molecular flexibility index (Phi) is 6.69. The van der Waals surface area contributed by atoms with E-state index in [0.29, 0.717) is 11.1 Å². The number of ether oxygens (including phenoxy) is 1. The van der Waals surface area contributed by atoms with Crippen LogP contribution < -0.4 is 9.57 Å². The van der Waals surface area contributed by atoms with Gasteiger partial charge in [0.25, 0.3) is 10.0 Å². The van der Waals surface area contributed by atoms with Gasteiger partial charge in [0.1, 0.15) is 5.75 Å². The zero-order chi connectivity index (χ0) is 21.7. The molecule has 0 fully saturated rings. The third kappa shape index (κ3) is 5.55. The Labute approximate surface area is 183 Å². The third-order valence-electron chi connectivity index (χ3n) is 4.17. The van der Waals surface area contributed by atoms with E-state index in [2.05, 4.69) is 25.9 Å². The SMILES string of the molecule is Cc1ccc(C(=O)Oc2ccc(Br)cc2C=NNS(=O)(=O)c2ccc(C)cc2)cc1. The maximum absolute atomic E-state index is 12.4. The lowest BCUT2D eigenvalue weighted by Gasteiger charge is -2.08. The molecule has 8 heteroatoms. The topological polar surface area (TPSA) is 84.8 Å². The molecule has 0 unspecified atom stereocenters. The molecular weight excluding hydrogens is 468 g/mol. The first-order chi connectivity index (χ1) is 14.2. The Bertz CT molecular complexity index is 1190. The van der Waals surface area contributed by atoms with Gasteiger partial charge in [-0.2, -0.15) is 13.5 Å². The smallest absolute Gasteiger partial charge is 0.343 e. The molecule has 0 aliphatic carbocycles. The van der Waals surface area contributed by atoms with Crippen molar-refractivity contribution in [3.05, 3.63) is 93.5 Å². The second-order valence-electron chi connectivity index (χ2n) is 6.60. The summed E-state index contributed by atoms with van der Waals surface area (Å²) in [6.45, 7) is 3.80. The first-order valence-electron chi connectivity index (χ1n) is 8.94. The number of esters is 1. The molecule has 0 spiro atoms. The van der Waals surface area contributed by atoms with Gasteiger partial charge in [-0.1, -0.05) is 51.3 Å². The summed E-state index contributed by atoms with van der Waals surface area (Å²) in [6.07, 6.45) is 1.29. The van der Waals surface area contributed by atoms with Crippen LogP contribution >= 0.6 is 15.9 Å². The Morgan fingerprint density at radius 2 is 1.57 bits per heavy atom.